The fraction of sp³-hybridized carbons (Fsp3) is 0.292. The van der Waals surface area contributed by atoms with E-state index in [-0.39, 0.29) is 42.8 Å². The molecule has 2 aromatic carbocycles. The summed E-state index contributed by atoms with van der Waals surface area (Å²) in [5, 5.41) is 0.598. The van der Waals surface area contributed by atoms with E-state index in [2.05, 4.69) is 15.4 Å². The van der Waals surface area contributed by atoms with Crippen LogP contribution in [0.15, 0.2) is 48.5 Å². The molecule has 0 aliphatic heterocycles. The molecule has 1 saturated carbocycles. The third-order valence-electron chi connectivity index (χ3n) is 5.15. The van der Waals surface area contributed by atoms with Gasteiger partial charge >= 0.3 is 12.0 Å². The van der Waals surface area contributed by atoms with E-state index in [1.165, 1.54) is 14.2 Å². The molecule has 172 valence electrons. The normalized spacial score (nSPS) is 12.8. The molecule has 9 heteroatoms. The van der Waals surface area contributed by atoms with E-state index in [0.717, 1.165) is 29.5 Å². The Kier molecular flexibility index (Phi) is 7.26. The highest BCUT2D eigenvalue weighted by molar-refractivity contribution is 6.34. The molecule has 1 aliphatic rings. The molecule has 33 heavy (non-hydrogen) atoms. The Balaban J connectivity index is 1.47. The molecular formula is C24H24ClN3O5. The van der Waals surface area contributed by atoms with Crippen LogP contribution in [-0.4, -0.2) is 30.2 Å². The average Bonchev–Trinajstić information content (AvgIpc) is 3.70. The molecule has 1 heterocycles. The van der Waals surface area contributed by atoms with Gasteiger partial charge in [-0.3, -0.25) is 4.79 Å². The van der Waals surface area contributed by atoms with Crippen LogP contribution in [0.25, 0.3) is 11.1 Å². The van der Waals surface area contributed by atoms with Crippen LogP contribution in [-0.2, 0) is 22.8 Å². The summed E-state index contributed by atoms with van der Waals surface area (Å²) in [5.41, 5.74) is 5.85. The maximum absolute atomic E-state index is 11.7. The van der Waals surface area contributed by atoms with Gasteiger partial charge in [-0.25, -0.2) is 0 Å². The molecule has 4 rings (SSSR count). The SMILES string of the molecule is COc1nc(OCc2cccc(-c3ccccc3)c2Cl)nc(OC)c1CNOC(=O)C1CC1. The maximum Gasteiger partial charge on any atom is 0.327 e. The molecule has 3 aromatic rings. The lowest BCUT2D eigenvalue weighted by Crippen LogP contribution is -2.21. The van der Waals surface area contributed by atoms with Crippen molar-refractivity contribution in [2.24, 2.45) is 5.92 Å². The molecule has 8 nitrogen and oxygen atoms in total. The highest BCUT2D eigenvalue weighted by atomic mass is 35.5. The van der Waals surface area contributed by atoms with Crippen molar-refractivity contribution in [3.8, 4) is 28.9 Å². The Morgan fingerprint density at radius 1 is 1.03 bits per heavy atom. The summed E-state index contributed by atoms with van der Waals surface area (Å²) >= 11 is 6.64. The van der Waals surface area contributed by atoms with Crippen molar-refractivity contribution in [1.82, 2.24) is 15.4 Å². The van der Waals surface area contributed by atoms with Crippen LogP contribution in [0.1, 0.15) is 24.0 Å². The van der Waals surface area contributed by atoms with Gasteiger partial charge < -0.3 is 19.0 Å². The number of hydrogen-bond acceptors (Lipinski definition) is 8. The molecule has 0 saturated heterocycles. The topological polar surface area (TPSA) is 91.8 Å². The van der Waals surface area contributed by atoms with Crippen molar-refractivity contribution < 1.29 is 23.8 Å². The lowest BCUT2D eigenvalue weighted by molar-refractivity contribution is -0.153. The Morgan fingerprint density at radius 3 is 2.36 bits per heavy atom. The molecule has 0 unspecified atom stereocenters. The van der Waals surface area contributed by atoms with E-state index >= 15 is 0 Å². The van der Waals surface area contributed by atoms with E-state index in [1.54, 1.807) is 0 Å². The third kappa shape index (κ3) is 5.53. The Hall–Kier alpha value is -3.36. The fourth-order valence-electron chi connectivity index (χ4n) is 3.23. The second-order valence-electron chi connectivity index (χ2n) is 7.45. The Bertz CT molecular complexity index is 1100. The number of aromatic nitrogens is 2. The number of carbonyl (C=O) groups is 1. The third-order valence-corrected chi connectivity index (χ3v) is 5.60. The number of methoxy groups -OCH3 is 2. The number of ether oxygens (including phenoxy) is 3. The van der Waals surface area contributed by atoms with E-state index in [9.17, 15) is 4.79 Å². The van der Waals surface area contributed by atoms with Gasteiger partial charge in [0.1, 0.15) is 6.61 Å². The van der Waals surface area contributed by atoms with E-state index in [1.807, 2.05) is 48.5 Å². The molecule has 0 radical (unpaired) electrons. The zero-order chi connectivity index (χ0) is 23.2. The minimum atomic E-state index is -0.275. The number of rotatable bonds is 10. The smallest absolute Gasteiger partial charge is 0.327 e. The van der Waals surface area contributed by atoms with Crippen LogP contribution in [0, 0.1) is 5.92 Å². The predicted octanol–water partition coefficient (Wildman–Crippen LogP) is 4.35. The van der Waals surface area contributed by atoms with Gasteiger partial charge in [-0.2, -0.15) is 9.97 Å². The first-order valence-corrected chi connectivity index (χ1v) is 10.9. The molecule has 0 bridgehead atoms. The van der Waals surface area contributed by atoms with E-state index in [4.69, 9.17) is 30.6 Å². The van der Waals surface area contributed by atoms with Crippen molar-refractivity contribution in [1.29, 1.82) is 0 Å². The number of halogens is 1. The van der Waals surface area contributed by atoms with Crippen LogP contribution in [0.3, 0.4) is 0 Å². The molecule has 1 fully saturated rings. The van der Waals surface area contributed by atoms with Gasteiger partial charge in [0.25, 0.3) is 0 Å². The molecule has 1 aliphatic carbocycles. The van der Waals surface area contributed by atoms with Crippen LogP contribution in [0.5, 0.6) is 17.8 Å². The van der Waals surface area contributed by atoms with Gasteiger partial charge in [0.15, 0.2) is 0 Å². The molecule has 0 atom stereocenters. The second-order valence-corrected chi connectivity index (χ2v) is 7.83. The molecule has 1 aromatic heterocycles. The quantitative estimate of drug-likeness (QED) is 0.438. The summed E-state index contributed by atoms with van der Waals surface area (Å²) in [6.45, 7) is 0.276. The van der Waals surface area contributed by atoms with Gasteiger partial charge in [-0.05, 0) is 18.4 Å². The van der Waals surface area contributed by atoms with Gasteiger partial charge in [0.2, 0.25) is 11.8 Å². The molecular weight excluding hydrogens is 446 g/mol. The maximum atomic E-state index is 11.7. The van der Waals surface area contributed by atoms with Crippen LogP contribution < -0.4 is 19.7 Å². The number of nitrogens with zero attached hydrogens (tertiary/aromatic N) is 2. The van der Waals surface area contributed by atoms with E-state index in [0.29, 0.717) is 10.6 Å². The number of carbonyl (C=O) groups excluding carboxylic acids is 1. The number of nitrogens with one attached hydrogen (secondary N) is 1. The second kappa shape index (κ2) is 10.5. The van der Waals surface area contributed by atoms with Crippen molar-refractivity contribution in [3.05, 3.63) is 64.7 Å². The monoisotopic (exact) mass is 469 g/mol. The van der Waals surface area contributed by atoms with Gasteiger partial charge in [-0.1, -0.05) is 60.1 Å². The van der Waals surface area contributed by atoms with Crippen molar-refractivity contribution >= 4 is 17.6 Å². The highest BCUT2D eigenvalue weighted by Gasteiger charge is 2.31. The molecule has 0 spiro atoms. The van der Waals surface area contributed by atoms with Gasteiger partial charge in [0.05, 0.1) is 37.3 Å². The summed E-state index contributed by atoms with van der Waals surface area (Å²) in [7, 11) is 2.96. The summed E-state index contributed by atoms with van der Waals surface area (Å²) in [4.78, 5) is 25.4. The van der Waals surface area contributed by atoms with Crippen molar-refractivity contribution in [3.63, 3.8) is 0 Å². The summed E-state index contributed by atoms with van der Waals surface area (Å²) in [5.74, 6) is 0.205. The lowest BCUT2D eigenvalue weighted by atomic mass is 10.0. The zero-order valence-corrected chi connectivity index (χ0v) is 19.1. The largest absolute Gasteiger partial charge is 0.481 e. The first-order chi connectivity index (χ1) is 16.1. The number of hydroxylamine groups is 1. The van der Waals surface area contributed by atoms with Crippen LogP contribution >= 0.6 is 11.6 Å². The summed E-state index contributed by atoms with van der Waals surface area (Å²) in [6, 6.07) is 15.7. The number of hydrogen-bond donors (Lipinski definition) is 1. The zero-order valence-electron chi connectivity index (χ0n) is 18.3. The average molecular weight is 470 g/mol. The molecule has 1 N–H and O–H groups in total. The number of benzene rings is 2. The first-order valence-electron chi connectivity index (χ1n) is 10.5. The molecule has 0 amide bonds. The minimum Gasteiger partial charge on any atom is -0.481 e. The first kappa shape index (κ1) is 22.8. The standard InChI is InChI=1S/C24H24ClN3O5/c1-30-21-19(13-26-33-23(29)16-11-12-16)22(31-2)28-24(27-21)32-14-17-9-6-10-18(20(17)25)15-7-4-3-5-8-15/h3-10,16,26H,11-14H2,1-2H3. The lowest BCUT2D eigenvalue weighted by Gasteiger charge is -2.15. The van der Waals surface area contributed by atoms with Crippen LogP contribution in [0.4, 0.5) is 0 Å². The van der Waals surface area contributed by atoms with Gasteiger partial charge in [0, 0.05) is 11.1 Å². The highest BCUT2D eigenvalue weighted by Crippen LogP contribution is 2.32. The Labute approximate surface area is 196 Å². The van der Waals surface area contributed by atoms with Crippen LogP contribution in [0.2, 0.25) is 5.02 Å². The minimum absolute atomic E-state index is 0.0134. The summed E-state index contributed by atoms with van der Waals surface area (Å²) < 4.78 is 16.6. The predicted molar refractivity (Wildman–Crippen MR) is 122 cm³/mol. The van der Waals surface area contributed by atoms with E-state index < -0.39 is 0 Å². The van der Waals surface area contributed by atoms with Crippen molar-refractivity contribution in [2.75, 3.05) is 14.2 Å². The van der Waals surface area contributed by atoms with Crippen molar-refractivity contribution in [2.45, 2.75) is 26.0 Å². The fourth-order valence-corrected chi connectivity index (χ4v) is 3.52. The summed E-state index contributed by atoms with van der Waals surface area (Å²) in [6.07, 6.45) is 1.72. The Morgan fingerprint density at radius 2 is 1.73 bits per heavy atom. The van der Waals surface area contributed by atoms with Gasteiger partial charge in [-0.15, -0.1) is 5.48 Å².